The summed E-state index contributed by atoms with van der Waals surface area (Å²) in [7, 11) is 0. The molecule has 0 rings (SSSR count). The second kappa shape index (κ2) is 65.2. The van der Waals surface area contributed by atoms with Crippen molar-refractivity contribution < 1.29 is 28.6 Å². The molecule has 1 unspecified atom stereocenters. The monoisotopic (exact) mass is 1070 g/mol. The first kappa shape index (κ1) is 73.6. The third kappa shape index (κ3) is 62.5. The van der Waals surface area contributed by atoms with Crippen LogP contribution in [0.3, 0.4) is 0 Å². The van der Waals surface area contributed by atoms with Crippen LogP contribution < -0.4 is 0 Å². The van der Waals surface area contributed by atoms with Crippen LogP contribution in [-0.4, -0.2) is 37.2 Å². The van der Waals surface area contributed by atoms with Crippen molar-refractivity contribution in [1.82, 2.24) is 0 Å². The van der Waals surface area contributed by atoms with Crippen molar-refractivity contribution in [3.63, 3.8) is 0 Å². The minimum absolute atomic E-state index is 0.0687. The Bertz CT molecular complexity index is 1270. The van der Waals surface area contributed by atoms with Gasteiger partial charge in [0.05, 0.1) is 0 Å². The Kier molecular flexibility index (Phi) is 63.1. The van der Waals surface area contributed by atoms with Crippen LogP contribution in [0.5, 0.6) is 0 Å². The zero-order chi connectivity index (χ0) is 55.0. The van der Waals surface area contributed by atoms with Gasteiger partial charge in [0.1, 0.15) is 13.2 Å². The number of rotatable bonds is 63. The lowest BCUT2D eigenvalue weighted by atomic mass is 10.0. The summed E-state index contributed by atoms with van der Waals surface area (Å²) < 4.78 is 16.9. The topological polar surface area (TPSA) is 78.9 Å². The van der Waals surface area contributed by atoms with E-state index in [4.69, 9.17) is 14.2 Å². The summed E-state index contributed by atoms with van der Waals surface area (Å²) in [5.74, 6) is -0.857. The van der Waals surface area contributed by atoms with Crippen LogP contribution in [0.25, 0.3) is 0 Å². The highest BCUT2D eigenvalue weighted by Gasteiger charge is 2.19. The van der Waals surface area contributed by atoms with E-state index in [1.165, 1.54) is 257 Å². The van der Waals surface area contributed by atoms with E-state index in [1.807, 2.05) is 0 Å². The molecule has 6 heteroatoms. The summed E-state index contributed by atoms with van der Waals surface area (Å²) in [6.07, 6.45) is 80.6. The van der Waals surface area contributed by atoms with Gasteiger partial charge in [0.2, 0.25) is 0 Å². The molecule has 0 heterocycles. The van der Waals surface area contributed by atoms with Crippen LogP contribution in [0.15, 0.2) is 36.5 Å². The number of hydrogen-bond acceptors (Lipinski definition) is 6. The molecule has 0 N–H and O–H groups in total. The standard InChI is InChI=1S/C70H130O6/c1-4-7-10-13-16-19-22-24-25-26-27-28-29-30-31-32-33-34-35-36-37-38-39-40-41-42-43-44-45-47-48-51-54-57-60-63-69(72)75-66-67(65-74-68(71)62-59-56-53-50-21-18-15-12-9-6-3)76-70(73)64-61-58-55-52-49-46-23-20-17-14-11-8-5-2/h12,15,22,24,26-27,67H,4-11,13-14,16-21,23,25,28-66H2,1-3H3/b15-12-,24-22-,27-26-. The van der Waals surface area contributed by atoms with Gasteiger partial charge in [0, 0.05) is 19.3 Å². The van der Waals surface area contributed by atoms with E-state index in [-0.39, 0.29) is 31.1 Å². The van der Waals surface area contributed by atoms with Gasteiger partial charge in [-0.3, -0.25) is 14.4 Å². The molecule has 0 fully saturated rings. The van der Waals surface area contributed by atoms with Gasteiger partial charge in [0.15, 0.2) is 6.10 Å². The maximum Gasteiger partial charge on any atom is 0.306 e. The van der Waals surface area contributed by atoms with Crippen LogP contribution in [0, 0.1) is 0 Å². The molecule has 0 saturated carbocycles. The Morgan fingerprint density at radius 2 is 0.500 bits per heavy atom. The van der Waals surface area contributed by atoms with E-state index >= 15 is 0 Å². The number of esters is 3. The highest BCUT2D eigenvalue weighted by molar-refractivity contribution is 5.71. The largest absolute Gasteiger partial charge is 0.462 e. The van der Waals surface area contributed by atoms with Crippen molar-refractivity contribution in [2.75, 3.05) is 13.2 Å². The van der Waals surface area contributed by atoms with Crippen molar-refractivity contribution in [3.8, 4) is 0 Å². The Morgan fingerprint density at radius 1 is 0.263 bits per heavy atom. The molecule has 0 aliphatic heterocycles. The van der Waals surface area contributed by atoms with Crippen molar-refractivity contribution in [1.29, 1.82) is 0 Å². The van der Waals surface area contributed by atoms with Gasteiger partial charge in [-0.2, -0.15) is 0 Å². The van der Waals surface area contributed by atoms with E-state index in [2.05, 4.69) is 57.2 Å². The fourth-order valence-corrected chi connectivity index (χ4v) is 10.2. The number of carbonyl (C=O) groups excluding carboxylic acids is 3. The first-order chi connectivity index (χ1) is 37.5. The summed E-state index contributed by atoms with van der Waals surface area (Å²) >= 11 is 0. The molecule has 0 aromatic rings. The summed E-state index contributed by atoms with van der Waals surface area (Å²) in [5, 5.41) is 0. The molecular formula is C70H130O6. The Hall–Kier alpha value is -2.37. The lowest BCUT2D eigenvalue weighted by Gasteiger charge is -2.18. The van der Waals surface area contributed by atoms with Crippen LogP contribution in [0.1, 0.15) is 374 Å². The molecule has 0 aliphatic rings. The van der Waals surface area contributed by atoms with E-state index in [9.17, 15) is 14.4 Å². The van der Waals surface area contributed by atoms with Gasteiger partial charge in [0.25, 0.3) is 0 Å². The average molecular weight is 1070 g/mol. The van der Waals surface area contributed by atoms with Crippen molar-refractivity contribution in [3.05, 3.63) is 36.5 Å². The second-order valence-corrected chi connectivity index (χ2v) is 23.1. The van der Waals surface area contributed by atoms with Crippen molar-refractivity contribution in [2.45, 2.75) is 380 Å². The molecule has 0 radical (unpaired) electrons. The summed E-state index contributed by atoms with van der Waals surface area (Å²) in [6, 6.07) is 0. The molecule has 0 amide bonds. The third-order valence-corrected chi connectivity index (χ3v) is 15.3. The summed E-state index contributed by atoms with van der Waals surface area (Å²) in [4.78, 5) is 38.1. The van der Waals surface area contributed by atoms with E-state index in [0.29, 0.717) is 19.3 Å². The molecule has 0 aromatic heterocycles. The average Bonchev–Trinajstić information content (AvgIpc) is 3.42. The van der Waals surface area contributed by atoms with Crippen LogP contribution >= 0.6 is 0 Å². The third-order valence-electron chi connectivity index (χ3n) is 15.3. The summed E-state index contributed by atoms with van der Waals surface area (Å²) in [5.41, 5.74) is 0. The SMILES string of the molecule is CCC/C=C\CCCCCCCC(=O)OCC(COC(=O)CCCCCCCCCCCCCCCCCCCCCCCCC/C=C\C/C=C\CCCCCCC)OC(=O)CCCCCCCCCCCCCCC. The molecule has 76 heavy (non-hydrogen) atoms. The molecule has 0 bridgehead atoms. The normalized spacial score (nSPS) is 12.2. The highest BCUT2D eigenvalue weighted by atomic mass is 16.6. The van der Waals surface area contributed by atoms with Gasteiger partial charge < -0.3 is 14.2 Å². The first-order valence-electron chi connectivity index (χ1n) is 34.0. The molecule has 446 valence electrons. The molecule has 6 nitrogen and oxygen atoms in total. The smallest absolute Gasteiger partial charge is 0.306 e. The minimum Gasteiger partial charge on any atom is -0.462 e. The van der Waals surface area contributed by atoms with Crippen LogP contribution in [0.2, 0.25) is 0 Å². The van der Waals surface area contributed by atoms with E-state index in [1.54, 1.807) is 0 Å². The van der Waals surface area contributed by atoms with Gasteiger partial charge in [-0.25, -0.2) is 0 Å². The predicted octanol–water partition coefficient (Wildman–Crippen LogP) is 23.2. The number of hydrogen-bond donors (Lipinski definition) is 0. The van der Waals surface area contributed by atoms with Crippen molar-refractivity contribution in [2.24, 2.45) is 0 Å². The lowest BCUT2D eigenvalue weighted by Crippen LogP contribution is -2.30. The maximum atomic E-state index is 12.8. The van der Waals surface area contributed by atoms with E-state index in [0.717, 1.165) is 77.0 Å². The van der Waals surface area contributed by atoms with Crippen molar-refractivity contribution >= 4 is 17.9 Å². The van der Waals surface area contributed by atoms with Crippen LogP contribution in [0.4, 0.5) is 0 Å². The zero-order valence-corrected chi connectivity index (χ0v) is 51.3. The summed E-state index contributed by atoms with van der Waals surface area (Å²) in [6.45, 7) is 6.61. The number of allylic oxidation sites excluding steroid dienone is 6. The number of ether oxygens (including phenoxy) is 3. The highest BCUT2D eigenvalue weighted by Crippen LogP contribution is 2.18. The number of carbonyl (C=O) groups is 3. The first-order valence-corrected chi connectivity index (χ1v) is 34.0. The minimum atomic E-state index is -0.770. The van der Waals surface area contributed by atoms with Crippen LogP contribution in [-0.2, 0) is 28.6 Å². The molecule has 0 aliphatic carbocycles. The Labute approximate surface area is 474 Å². The molecular weight excluding hydrogens is 937 g/mol. The molecule has 0 saturated heterocycles. The second-order valence-electron chi connectivity index (χ2n) is 23.1. The number of unbranched alkanes of at least 4 members (excludes halogenated alkanes) is 46. The van der Waals surface area contributed by atoms with E-state index < -0.39 is 6.10 Å². The maximum absolute atomic E-state index is 12.8. The van der Waals surface area contributed by atoms with Gasteiger partial charge >= 0.3 is 17.9 Å². The fraction of sp³-hybridized carbons (Fsp3) is 0.871. The van der Waals surface area contributed by atoms with Gasteiger partial charge in [-0.05, 0) is 70.6 Å². The predicted molar refractivity (Wildman–Crippen MR) is 330 cm³/mol. The zero-order valence-electron chi connectivity index (χ0n) is 51.3. The van der Waals surface area contributed by atoms with Gasteiger partial charge in [-0.1, -0.05) is 320 Å². The molecule has 0 aromatic carbocycles. The quantitative estimate of drug-likeness (QED) is 0.0261. The van der Waals surface area contributed by atoms with Gasteiger partial charge in [-0.15, -0.1) is 0 Å². The Morgan fingerprint density at radius 3 is 0.789 bits per heavy atom. The fourth-order valence-electron chi connectivity index (χ4n) is 10.2. The molecule has 1 atom stereocenters. The molecule has 0 spiro atoms. The lowest BCUT2D eigenvalue weighted by molar-refractivity contribution is -0.167. The Balaban J connectivity index is 3.96.